The zero-order valence-electron chi connectivity index (χ0n) is 12.4. The molecule has 1 fully saturated rings. The van der Waals surface area contributed by atoms with Crippen molar-refractivity contribution in [2.45, 2.75) is 19.1 Å². The lowest BCUT2D eigenvalue weighted by Crippen LogP contribution is -2.29. The molecule has 118 valence electrons. The van der Waals surface area contributed by atoms with Crippen LogP contribution in [-0.4, -0.2) is 35.1 Å². The number of hydrogen-bond donors (Lipinski definition) is 1. The summed E-state index contributed by atoms with van der Waals surface area (Å²) in [5, 5.41) is 18.2. The molecule has 0 bridgehead atoms. The summed E-state index contributed by atoms with van der Waals surface area (Å²) in [6.07, 6.45) is 0.147. The normalized spacial score (nSPS) is 17.0. The van der Waals surface area contributed by atoms with Crippen LogP contribution >= 0.6 is 0 Å². The molecule has 1 amide bonds. The van der Waals surface area contributed by atoms with Gasteiger partial charge in [-0.15, -0.1) is 0 Å². The molecule has 0 spiro atoms. The van der Waals surface area contributed by atoms with E-state index < -0.39 is 6.10 Å². The summed E-state index contributed by atoms with van der Waals surface area (Å²) in [5.74, 6) is 1.19. The standard InChI is InChI=1S/C17H16N2O4/c18-9-12-1-3-14(4-2-12)22-11-15-5-6-16(23-15)17(21)19-8-7-13(20)10-19/h1-6,13,20H,7-8,10-11H2/t13-/m0/s1. The molecule has 6 nitrogen and oxygen atoms in total. The first-order valence-corrected chi connectivity index (χ1v) is 7.35. The summed E-state index contributed by atoms with van der Waals surface area (Å²) >= 11 is 0. The van der Waals surface area contributed by atoms with Crippen molar-refractivity contribution >= 4 is 5.91 Å². The molecule has 0 aliphatic carbocycles. The van der Waals surface area contributed by atoms with Gasteiger partial charge in [0, 0.05) is 13.1 Å². The van der Waals surface area contributed by atoms with Gasteiger partial charge in [0.1, 0.15) is 18.1 Å². The molecule has 1 aliphatic rings. The highest BCUT2D eigenvalue weighted by Gasteiger charge is 2.27. The Balaban J connectivity index is 1.58. The minimum absolute atomic E-state index is 0.196. The number of furan rings is 1. The number of aliphatic hydroxyl groups excluding tert-OH is 1. The number of carbonyl (C=O) groups excluding carboxylic acids is 1. The van der Waals surface area contributed by atoms with Gasteiger partial charge in [0.05, 0.1) is 17.7 Å². The number of carbonyl (C=O) groups is 1. The minimum atomic E-state index is -0.451. The Morgan fingerprint density at radius 3 is 2.78 bits per heavy atom. The Hall–Kier alpha value is -2.78. The number of ether oxygens (including phenoxy) is 1. The van der Waals surface area contributed by atoms with E-state index in [4.69, 9.17) is 14.4 Å². The quantitative estimate of drug-likeness (QED) is 0.932. The Bertz CT molecular complexity index is 730. The SMILES string of the molecule is N#Cc1ccc(OCc2ccc(C(=O)N3CC[C@H](O)C3)o2)cc1. The van der Waals surface area contributed by atoms with E-state index in [1.165, 1.54) is 0 Å². The zero-order chi connectivity index (χ0) is 16.2. The molecule has 1 saturated heterocycles. The molecular weight excluding hydrogens is 296 g/mol. The van der Waals surface area contributed by atoms with E-state index in [0.29, 0.717) is 36.6 Å². The number of nitrogens with zero attached hydrogens (tertiary/aromatic N) is 2. The van der Waals surface area contributed by atoms with Crippen LogP contribution in [0.3, 0.4) is 0 Å². The van der Waals surface area contributed by atoms with Crippen LogP contribution in [0.2, 0.25) is 0 Å². The first-order valence-electron chi connectivity index (χ1n) is 7.35. The third kappa shape index (κ3) is 3.52. The molecule has 0 radical (unpaired) electrons. The highest BCUT2D eigenvalue weighted by atomic mass is 16.5. The predicted octanol–water partition coefficient (Wildman–Crippen LogP) is 1.94. The van der Waals surface area contributed by atoms with Crippen molar-refractivity contribution in [2.24, 2.45) is 0 Å². The van der Waals surface area contributed by atoms with E-state index in [9.17, 15) is 9.90 Å². The Labute approximate surface area is 133 Å². The number of nitriles is 1. The molecule has 1 aromatic heterocycles. The monoisotopic (exact) mass is 312 g/mol. The van der Waals surface area contributed by atoms with Crippen molar-refractivity contribution in [3.63, 3.8) is 0 Å². The lowest BCUT2D eigenvalue weighted by Gasteiger charge is -2.13. The third-order valence-electron chi connectivity index (χ3n) is 3.69. The van der Waals surface area contributed by atoms with Crippen molar-refractivity contribution in [3.05, 3.63) is 53.5 Å². The van der Waals surface area contributed by atoms with Crippen LogP contribution in [-0.2, 0) is 6.61 Å². The Kier molecular flexibility index (Phi) is 4.31. The number of amides is 1. The summed E-state index contributed by atoms with van der Waals surface area (Å²) in [6, 6.07) is 12.1. The maximum atomic E-state index is 12.2. The summed E-state index contributed by atoms with van der Waals surface area (Å²) in [4.78, 5) is 13.8. The fourth-order valence-electron chi connectivity index (χ4n) is 2.43. The number of rotatable bonds is 4. The van der Waals surface area contributed by atoms with E-state index in [-0.39, 0.29) is 18.3 Å². The molecule has 1 aliphatic heterocycles. The molecule has 1 N–H and O–H groups in total. The first kappa shape index (κ1) is 15.1. The van der Waals surface area contributed by atoms with Gasteiger partial charge in [-0.3, -0.25) is 4.79 Å². The molecule has 1 atom stereocenters. The van der Waals surface area contributed by atoms with Crippen LogP contribution < -0.4 is 4.74 Å². The molecule has 6 heteroatoms. The van der Waals surface area contributed by atoms with Crippen molar-refractivity contribution in [1.82, 2.24) is 4.90 Å². The molecule has 1 aromatic carbocycles. The minimum Gasteiger partial charge on any atom is -0.486 e. The van der Waals surface area contributed by atoms with E-state index in [1.54, 1.807) is 41.3 Å². The largest absolute Gasteiger partial charge is 0.486 e. The lowest BCUT2D eigenvalue weighted by molar-refractivity contribution is 0.0729. The number of likely N-dealkylation sites (tertiary alicyclic amines) is 1. The molecule has 2 heterocycles. The zero-order valence-corrected chi connectivity index (χ0v) is 12.4. The van der Waals surface area contributed by atoms with Crippen LogP contribution in [0.1, 0.15) is 28.3 Å². The van der Waals surface area contributed by atoms with Gasteiger partial charge < -0.3 is 19.2 Å². The number of aliphatic hydroxyl groups is 1. The second kappa shape index (κ2) is 6.55. The van der Waals surface area contributed by atoms with Gasteiger partial charge in [-0.1, -0.05) is 0 Å². The summed E-state index contributed by atoms with van der Waals surface area (Å²) in [6.45, 7) is 1.08. The van der Waals surface area contributed by atoms with Crippen molar-refractivity contribution in [2.75, 3.05) is 13.1 Å². The predicted molar refractivity (Wildman–Crippen MR) is 80.7 cm³/mol. The average Bonchev–Trinajstić information content (AvgIpc) is 3.22. The van der Waals surface area contributed by atoms with Gasteiger partial charge in [-0.05, 0) is 42.8 Å². The molecule has 23 heavy (non-hydrogen) atoms. The van der Waals surface area contributed by atoms with Crippen LogP contribution in [0.25, 0.3) is 0 Å². The lowest BCUT2D eigenvalue weighted by atomic mass is 10.2. The van der Waals surface area contributed by atoms with E-state index >= 15 is 0 Å². The molecule has 0 unspecified atom stereocenters. The number of benzene rings is 1. The summed E-state index contributed by atoms with van der Waals surface area (Å²) in [7, 11) is 0. The number of β-amino-alcohol motifs (C(OH)–C–C–N with tert-alkyl or cyclic N) is 1. The smallest absolute Gasteiger partial charge is 0.289 e. The van der Waals surface area contributed by atoms with Crippen LogP contribution in [0, 0.1) is 11.3 Å². The third-order valence-corrected chi connectivity index (χ3v) is 3.69. The van der Waals surface area contributed by atoms with Gasteiger partial charge in [-0.25, -0.2) is 0 Å². The van der Waals surface area contributed by atoms with Crippen LogP contribution in [0.4, 0.5) is 0 Å². The van der Waals surface area contributed by atoms with E-state index in [0.717, 1.165) is 0 Å². The topological polar surface area (TPSA) is 86.7 Å². The van der Waals surface area contributed by atoms with Crippen molar-refractivity contribution in [1.29, 1.82) is 5.26 Å². The van der Waals surface area contributed by atoms with E-state index in [1.807, 2.05) is 6.07 Å². The molecular formula is C17H16N2O4. The molecule has 2 aromatic rings. The fraction of sp³-hybridized carbons (Fsp3) is 0.294. The second-order valence-corrected chi connectivity index (χ2v) is 5.38. The van der Waals surface area contributed by atoms with Crippen molar-refractivity contribution < 1.29 is 19.1 Å². The summed E-state index contributed by atoms with van der Waals surface area (Å²) in [5.41, 5.74) is 0.566. The highest BCUT2D eigenvalue weighted by molar-refractivity contribution is 5.91. The first-order chi connectivity index (χ1) is 11.2. The summed E-state index contributed by atoms with van der Waals surface area (Å²) < 4.78 is 11.1. The highest BCUT2D eigenvalue weighted by Crippen LogP contribution is 2.18. The Morgan fingerprint density at radius 1 is 1.35 bits per heavy atom. The van der Waals surface area contributed by atoms with Gasteiger partial charge >= 0.3 is 0 Å². The second-order valence-electron chi connectivity index (χ2n) is 5.38. The van der Waals surface area contributed by atoms with Gasteiger partial charge in [0.15, 0.2) is 5.76 Å². The van der Waals surface area contributed by atoms with E-state index in [2.05, 4.69) is 0 Å². The van der Waals surface area contributed by atoms with Crippen LogP contribution in [0.15, 0.2) is 40.8 Å². The number of hydrogen-bond acceptors (Lipinski definition) is 5. The Morgan fingerprint density at radius 2 is 2.13 bits per heavy atom. The maximum Gasteiger partial charge on any atom is 0.289 e. The maximum absolute atomic E-state index is 12.2. The fourth-order valence-corrected chi connectivity index (χ4v) is 2.43. The van der Waals surface area contributed by atoms with Gasteiger partial charge in [0.2, 0.25) is 0 Å². The van der Waals surface area contributed by atoms with Crippen molar-refractivity contribution in [3.8, 4) is 11.8 Å². The van der Waals surface area contributed by atoms with Gasteiger partial charge in [0.25, 0.3) is 5.91 Å². The van der Waals surface area contributed by atoms with Gasteiger partial charge in [-0.2, -0.15) is 5.26 Å². The molecule has 0 saturated carbocycles. The average molecular weight is 312 g/mol. The molecule has 3 rings (SSSR count). The van der Waals surface area contributed by atoms with Crippen LogP contribution in [0.5, 0.6) is 5.75 Å².